The Morgan fingerprint density at radius 2 is 1.85 bits per heavy atom. The van der Waals surface area contributed by atoms with Crippen LogP contribution in [0.15, 0.2) is 24.3 Å². The van der Waals surface area contributed by atoms with E-state index in [1.165, 1.54) is 5.56 Å². The van der Waals surface area contributed by atoms with Crippen molar-refractivity contribution in [2.24, 2.45) is 5.73 Å². The molecule has 110 valence electrons. The fourth-order valence-corrected chi connectivity index (χ4v) is 1.75. The molecule has 0 aliphatic heterocycles. The van der Waals surface area contributed by atoms with E-state index < -0.39 is 12.0 Å². The molecular formula is C15H22N2O3. The van der Waals surface area contributed by atoms with E-state index in [2.05, 4.69) is 19.2 Å². The molecule has 0 fully saturated rings. The molecule has 0 aliphatic carbocycles. The fraction of sp³-hybridized carbons (Fsp3) is 0.467. The average Bonchev–Trinajstić information content (AvgIpc) is 2.42. The number of carboxylic acid groups (broad SMARTS) is 1. The average molecular weight is 278 g/mol. The smallest absolute Gasteiger partial charge is 0.303 e. The minimum atomic E-state index is -0.947. The number of benzene rings is 1. The summed E-state index contributed by atoms with van der Waals surface area (Å²) in [6.45, 7) is 4.65. The van der Waals surface area contributed by atoms with Crippen LogP contribution in [0.1, 0.15) is 43.7 Å². The number of aliphatic carboxylic acids is 1. The molecule has 1 aromatic rings. The molecule has 0 aromatic heterocycles. The van der Waals surface area contributed by atoms with Gasteiger partial charge in [-0.15, -0.1) is 0 Å². The van der Waals surface area contributed by atoms with Gasteiger partial charge >= 0.3 is 5.97 Å². The van der Waals surface area contributed by atoms with Crippen molar-refractivity contribution in [2.75, 3.05) is 0 Å². The highest BCUT2D eigenvalue weighted by molar-refractivity contribution is 5.82. The van der Waals surface area contributed by atoms with E-state index in [0.29, 0.717) is 12.5 Å². The molecule has 0 radical (unpaired) electrons. The minimum absolute atomic E-state index is 0.0995. The molecule has 5 heteroatoms. The zero-order valence-electron chi connectivity index (χ0n) is 11.9. The summed E-state index contributed by atoms with van der Waals surface area (Å²) in [5.74, 6) is -0.792. The van der Waals surface area contributed by atoms with Gasteiger partial charge in [-0.05, 0) is 23.5 Å². The molecule has 1 rings (SSSR count). The quantitative estimate of drug-likeness (QED) is 0.706. The van der Waals surface area contributed by atoms with Crippen LogP contribution in [0, 0.1) is 0 Å². The highest BCUT2D eigenvalue weighted by atomic mass is 16.4. The Morgan fingerprint density at radius 3 is 2.35 bits per heavy atom. The van der Waals surface area contributed by atoms with Crippen LogP contribution >= 0.6 is 0 Å². The lowest BCUT2D eigenvalue weighted by Crippen LogP contribution is -2.40. The standard InChI is InChI=1S/C15H22N2O3/c1-10(2)12-5-3-11(4-6-12)9-17-15(20)13(16)7-8-14(18)19/h3-6,10,13H,7-9,16H2,1-2H3,(H,17,20)(H,18,19). The predicted octanol–water partition coefficient (Wildman–Crippen LogP) is 1.62. The molecule has 20 heavy (non-hydrogen) atoms. The first-order valence-corrected chi connectivity index (χ1v) is 6.74. The molecule has 0 heterocycles. The van der Waals surface area contributed by atoms with Crippen molar-refractivity contribution in [3.05, 3.63) is 35.4 Å². The van der Waals surface area contributed by atoms with Crippen LogP contribution in [0.4, 0.5) is 0 Å². The summed E-state index contributed by atoms with van der Waals surface area (Å²) in [6.07, 6.45) is 0.0468. The number of nitrogens with two attached hydrogens (primary N) is 1. The summed E-state index contributed by atoms with van der Waals surface area (Å²) < 4.78 is 0. The molecule has 0 bridgehead atoms. The van der Waals surface area contributed by atoms with Crippen LogP contribution in [0.3, 0.4) is 0 Å². The summed E-state index contributed by atoms with van der Waals surface area (Å²) in [6, 6.07) is 7.24. The van der Waals surface area contributed by atoms with Crippen molar-refractivity contribution in [3.8, 4) is 0 Å². The molecular weight excluding hydrogens is 256 g/mol. The van der Waals surface area contributed by atoms with Gasteiger partial charge in [0.15, 0.2) is 0 Å². The highest BCUT2D eigenvalue weighted by Gasteiger charge is 2.14. The van der Waals surface area contributed by atoms with Crippen molar-refractivity contribution in [1.29, 1.82) is 0 Å². The van der Waals surface area contributed by atoms with Gasteiger partial charge in [-0.2, -0.15) is 0 Å². The largest absolute Gasteiger partial charge is 0.481 e. The van der Waals surface area contributed by atoms with Gasteiger partial charge in [0.1, 0.15) is 0 Å². The molecule has 0 saturated carbocycles. The first-order valence-electron chi connectivity index (χ1n) is 6.74. The molecule has 0 aliphatic rings. The van der Waals surface area contributed by atoms with E-state index in [4.69, 9.17) is 10.8 Å². The molecule has 1 aromatic carbocycles. The van der Waals surface area contributed by atoms with Crippen molar-refractivity contribution >= 4 is 11.9 Å². The second-order valence-electron chi connectivity index (χ2n) is 5.15. The summed E-state index contributed by atoms with van der Waals surface area (Å²) in [5.41, 5.74) is 7.86. The second kappa shape index (κ2) is 7.65. The van der Waals surface area contributed by atoms with E-state index in [0.717, 1.165) is 5.56 Å². The number of carbonyl (C=O) groups excluding carboxylic acids is 1. The lowest BCUT2D eigenvalue weighted by Gasteiger charge is -2.12. The summed E-state index contributed by atoms with van der Waals surface area (Å²) in [4.78, 5) is 22.1. The lowest BCUT2D eigenvalue weighted by atomic mass is 10.0. The Bertz CT molecular complexity index is 455. The van der Waals surface area contributed by atoms with E-state index in [1.807, 2.05) is 24.3 Å². The van der Waals surface area contributed by atoms with E-state index in [1.54, 1.807) is 0 Å². The topological polar surface area (TPSA) is 92.4 Å². The van der Waals surface area contributed by atoms with Crippen LogP contribution in [0.5, 0.6) is 0 Å². The number of hydrogen-bond acceptors (Lipinski definition) is 3. The molecule has 4 N–H and O–H groups in total. The van der Waals surface area contributed by atoms with Crippen LogP contribution in [-0.2, 0) is 16.1 Å². The third kappa shape index (κ3) is 5.40. The summed E-state index contributed by atoms with van der Waals surface area (Å²) in [7, 11) is 0. The third-order valence-electron chi connectivity index (χ3n) is 3.12. The van der Waals surface area contributed by atoms with Crippen LogP contribution in [0.2, 0.25) is 0 Å². The Morgan fingerprint density at radius 1 is 1.25 bits per heavy atom. The summed E-state index contributed by atoms with van der Waals surface area (Å²) >= 11 is 0. The van der Waals surface area contributed by atoms with Gasteiger partial charge in [-0.25, -0.2) is 0 Å². The van der Waals surface area contributed by atoms with Gasteiger partial charge in [-0.1, -0.05) is 38.1 Å². The number of hydrogen-bond donors (Lipinski definition) is 3. The predicted molar refractivity (Wildman–Crippen MR) is 77.2 cm³/mol. The maximum atomic E-state index is 11.7. The maximum absolute atomic E-state index is 11.7. The Kier molecular flexibility index (Phi) is 6.18. The zero-order valence-corrected chi connectivity index (χ0v) is 11.9. The lowest BCUT2D eigenvalue weighted by molar-refractivity contribution is -0.137. The Hall–Kier alpha value is -1.88. The molecule has 1 amide bonds. The monoisotopic (exact) mass is 278 g/mol. The van der Waals surface area contributed by atoms with Crippen LogP contribution in [0.25, 0.3) is 0 Å². The highest BCUT2D eigenvalue weighted by Crippen LogP contribution is 2.14. The number of rotatable bonds is 7. The van der Waals surface area contributed by atoms with Crippen LogP contribution in [-0.4, -0.2) is 23.0 Å². The minimum Gasteiger partial charge on any atom is -0.481 e. The van der Waals surface area contributed by atoms with Gasteiger partial charge in [-0.3, -0.25) is 9.59 Å². The third-order valence-corrected chi connectivity index (χ3v) is 3.12. The number of carboxylic acids is 1. The van der Waals surface area contributed by atoms with Gasteiger partial charge in [0, 0.05) is 13.0 Å². The number of nitrogens with one attached hydrogen (secondary N) is 1. The van der Waals surface area contributed by atoms with Gasteiger partial charge in [0.2, 0.25) is 5.91 Å². The Labute approximate surface area is 119 Å². The zero-order chi connectivity index (χ0) is 15.1. The first kappa shape index (κ1) is 16.2. The van der Waals surface area contributed by atoms with E-state index in [9.17, 15) is 9.59 Å². The SMILES string of the molecule is CC(C)c1ccc(CNC(=O)C(N)CCC(=O)O)cc1. The van der Waals surface area contributed by atoms with Crippen LogP contribution < -0.4 is 11.1 Å². The number of amides is 1. The van der Waals surface area contributed by atoms with Gasteiger partial charge < -0.3 is 16.2 Å². The second-order valence-corrected chi connectivity index (χ2v) is 5.15. The summed E-state index contributed by atoms with van der Waals surface area (Å²) in [5, 5.41) is 11.2. The maximum Gasteiger partial charge on any atom is 0.303 e. The van der Waals surface area contributed by atoms with Crippen molar-refractivity contribution in [1.82, 2.24) is 5.32 Å². The molecule has 1 atom stereocenters. The van der Waals surface area contributed by atoms with E-state index >= 15 is 0 Å². The van der Waals surface area contributed by atoms with Crippen molar-refractivity contribution in [2.45, 2.75) is 45.2 Å². The first-order chi connectivity index (χ1) is 9.40. The normalized spacial score (nSPS) is 12.2. The Balaban J connectivity index is 2.42. The molecule has 5 nitrogen and oxygen atoms in total. The van der Waals surface area contributed by atoms with Crippen molar-refractivity contribution < 1.29 is 14.7 Å². The molecule has 0 saturated heterocycles. The molecule has 1 unspecified atom stereocenters. The number of carbonyl (C=O) groups is 2. The molecule has 0 spiro atoms. The van der Waals surface area contributed by atoms with Gasteiger partial charge in [0.25, 0.3) is 0 Å². The van der Waals surface area contributed by atoms with Crippen molar-refractivity contribution in [3.63, 3.8) is 0 Å². The fourth-order valence-electron chi connectivity index (χ4n) is 1.75. The van der Waals surface area contributed by atoms with E-state index in [-0.39, 0.29) is 18.7 Å². The van der Waals surface area contributed by atoms with Gasteiger partial charge in [0.05, 0.1) is 6.04 Å².